The van der Waals surface area contributed by atoms with Crippen molar-refractivity contribution in [1.29, 1.82) is 0 Å². The zero-order valence-corrected chi connectivity index (χ0v) is 14.0. The number of pyridine rings is 1. The smallest absolute Gasteiger partial charge is 0.253 e. The maximum absolute atomic E-state index is 13.6. The number of H-pyrrole nitrogens is 1. The fraction of sp³-hybridized carbons (Fsp3) is 0.333. The first-order valence-corrected chi connectivity index (χ1v) is 8.03. The number of nitrogens with one attached hydrogen (secondary N) is 2. The first kappa shape index (κ1) is 17.3. The molecule has 1 aliphatic rings. The van der Waals surface area contributed by atoms with E-state index < -0.39 is 11.6 Å². The summed E-state index contributed by atoms with van der Waals surface area (Å²) < 4.78 is 26.8. The Labute approximate surface area is 143 Å². The van der Waals surface area contributed by atoms with Crippen LogP contribution in [0.1, 0.15) is 34.1 Å². The van der Waals surface area contributed by atoms with Gasteiger partial charge in [0.1, 0.15) is 0 Å². The second-order valence-corrected chi connectivity index (χ2v) is 6.33. The molecule has 1 amide bonds. The molecule has 1 saturated heterocycles. The number of aromatic nitrogens is 1. The average Bonchev–Trinajstić information content (AvgIpc) is 2.90. The molecule has 1 fully saturated rings. The molecule has 0 unspecified atom stereocenters. The van der Waals surface area contributed by atoms with Crippen molar-refractivity contribution in [1.82, 2.24) is 15.2 Å². The van der Waals surface area contributed by atoms with Crippen LogP contribution in [0.2, 0.25) is 0 Å². The van der Waals surface area contributed by atoms with E-state index in [2.05, 4.69) is 10.3 Å². The number of benzene rings is 1. The van der Waals surface area contributed by atoms with E-state index in [1.807, 2.05) is 11.9 Å². The fourth-order valence-corrected chi connectivity index (χ4v) is 3.35. The number of carbonyl (C=O) groups excluding carboxylic acids is 1. The van der Waals surface area contributed by atoms with Crippen LogP contribution in [0.4, 0.5) is 8.78 Å². The quantitative estimate of drug-likeness (QED) is 0.894. The van der Waals surface area contributed by atoms with E-state index in [-0.39, 0.29) is 23.6 Å². The van der Waals surface area contributed by atoms with Crippen LogP contribution in [0.5, 0.6) is 0 Å². The molecule has 2 aromatic rings. The molecule has 2 N–H and O–H groups in total. The van der Waals surface area contributed by atoms with E-state index in [0.29, 0.717) is 23.2 Å². The molecule has 7 heteroatoms. The van der Waals surface area contributed by atoms with Gasteiger partial charge in [0.15, 0.2) is 11.6 Å². The summed E-state index contributed by atoms with van der Waals surface area (Å²) in [4.78, 5) is 28.4. The maximum atomic E-state index is 13.6. The van der Waals surface area contributed by atoms with Gasteiger partial charge >= 0.3 is 0 Å². The van der Waals surface area contributed by atoms with Gasteiger partial charge in [-0.3, -0.25) is 14.5 Å². The van der Waals surface area contributed by atoms with Crippen molar-refractivity contribution in [2.75, 3.05) is 13.6 Å². The zero-order chi connectivity index (χ0) is 18.1. The van der Waals surface area contributed by atoms with E-state index in [4.69, 9.17) is 0 Å². The number of rotatable bonds is 3. The summed E-state index contributed by atoms with van der Waals surface area (Å²) in [5.41, 5.74) is 1.22. The van der Waals surface area contributed by atoms with E-state index >= 15 is 0 Å². The highest BCUT2D eigenvalue weighted by molar-refractivity contribution is 5.95. The SMILES string of the molecule is Cc1[nH]c(=O)ccc1C(=O)N[C@@H]1CCN(C)[C@@H]1c1ccc(F)c(F)c1. The van der Waals surface area contributed by atoms with Crippen LogP contribution in [0.3, 0.4) is 0 Å². The van der Waals surface area contributed by atoms with Crippen LogP contribution in [-0.2, 0) is 0 Å². The van der Waals surface area contributed by atoms with Gasteiger partial charge in [-0.2, -0.15) is 0 Å². The average molecular weight is 347 g/mol. The highest BCUT2D eigenvalue weighted by atomic mass is 19.2. The number of hydrogen-bond donors (Lipinski definition) is 2. The molecule has 3 rings (SSSR count). The summed E-state index contributed by atoms with van der Waals surface area (Å²) in [6, 6.07) is 6.10. The number of carbonyl (C=O) groups is 1. The minimum atomic E-state index is -0.903. The lowest BCUT2D eigenvalue weighted by Crippen LogP contribution is -2.39. The summed E-state index contributed by atoms with van der Waals surface area (Å²) in [5.74, 6) is -2.10. The molecule has 2 heterocycles. The number of amides is 1. The van der Waals surface area contributed by atoms with E-state index in [1.54, 1.807) is 6.92 Å². The summed E-state index contributed by atoms with van der Waals surface area (Å²) in [7, 11) is 1.88. The Bertz CT molecular complexity index is 866. The Kier molecular flexibility index (Phi) is 4.67. The molecular weight excluding hydrogens is 328 g/mol. The third-order valence-electron chi connectivity index (χ3n) is 4.61. The van der Waals surface area contributed by atoms with Gasteiger partial charge < -0.3 is 10.3 Å². The molecule has 0 radical (unpaired) electrons. The maximum Gasteiger partial charge on any atom is 0.253 e. The normalized spacial score (nSPS) is 20.6. The molecule has 0 spiro atoms. The van der Waals surface area contributed by atoms with Crippen molar-refractivity contribution in [3.63, 3.8) is 0 Å². The highest BCUT2D eigenvalue weighted by Gasteiger charge is 2.34. The first-order valence-electron chi connectivity index (χ1n) is 8.03. The first-order chi connectivity index (χ1) is 11.9. The monoisotopic (exact) mass is 347 g/mol. The molecule has 1 aromatic carbocycles. The summed E-state index contributed by atoms with van der Waals surface area (Å²) in [6.45, 7) is 2.38. The molecule has 132 valence electrons. The minimum Gasteiger partial charge on any atom is -0.347 e. The van der Waals surface area contributed by atoms with Gasteiger partial charge in [0.25, 0.3) is 5.91 Å². The van der Waals surface area contributed by atoms with Gasteiger partial charge in [-0.15, -0.1) is 0 Å². The Morgan fingerprint density at radius 3 is 2.68 bits per heavy atom. The topological polar surface area (TPSA) is 65.2 Å². The Balaban J connectivity index is 1.84. The van der Waals surface area contributed by atoms with Gasteiger partial charge in [0.2, 0.25) is 5.56 Å². The number of likely N-dealkylation sites (tertiary alicyclic amines) is 1. The highest BCUT2D eigenvalue weighted by Crippen LogP contribution is 2.32. The Hall–Kier alpha value is -2.54. The zero-order valence-electron chi connectivity index (χ0n) is 14.0. The molecule has 0 aliphatic carbocycles. The van der Waals surface area contributed by atoms with Crippen LogP contribution >= 0.6 is 0 Å². The minimum absolute atomic E-state index is 0.242. The van der Waals surface area contributed by atoms with Gasteiger partial charge in [-0.25, -0.2) is 8.78 Å². The molecule has 5 nitrogen and oxygen atoms in total. The lowest BCUT2D eigenvalue weighted by atomic mass is 9.99. The number of hydrogen-bond acceptors (Lipinski definition) is 3. The second kappa shape index (κ2) is 6.76. The summed E-state index contributed by atoms with van der Waals surface area (Å²) in [6.07, 6.45) is 0.689. The largest absolute Gasteiger partial charge is 0.347 e. The van der Waals surface area contributed by atoms with Gasteiger partial charge in [-0.1, -0.05) is 6.07 Å². The second-order valence-electron chi connectivity index (χ2n) is 6.33. The Morgan fingerprint density at radius 1 is 1.24 bits per heavy atom. The van der Waals surface area contributed by atoms with Gasteiger partial charge in [-0.05, 0) is 44.2 Å². The molecule has 1 aromatic heterocycles. The lowest BCUT2D eigenvalue weighted by Gasteiger charge is -2.26. The lowest BCUT2D eigenvalue weighted by molar-refractivity contribution is 0.0926. The van der Waals surface area contributed by atoms with E-state index in [0.717, 1.165) is 12.6 Å². The predicted molar refractivity (Wildman–Crippen MR) is 89.4 cm³/mol. The number of likely N-dealkylation sites (N-methyl/N-ethyl adjacent to an activating group) is 1. The van der Waals surface area contributed by atoms with Gasteiger partial charge in [0.05, 0.1) is 17.6 Å². The number of nitrogens with zero attached hydrogens (tertiary/aromatic N) is 1. The number of halogens is 2. The van der Waals surface area contributed by atoms with Crippen molar-refractivity contribution in [3.05, 3.63) is 69.1 Å². The molecule has 2 atom stereocenters. The summed E-state index contributed by atoms with van der Waals surface area (Å²) in [5, 5.41) is 2.95. The predicted octanol–water partition coefficient (Wildman–Crippen LogP) is 2.14. The third-order valence-corrected chi connectivity index (χ3v) is 4.61. The summed E-state index contributed by atoms with van der Waals surface area (Å²) >= 11 is 0. The number of aromatic amines is 1. The Morgan fingerprint density at radius 2 is 2.00 bits per heavy atom. The molecule has 25 heavy (non-hydrogen) atoms. The molecule has 0 saturated carbocycles. The van der Waals surface area contributed by atoms with E-state index in [9.17, 15) is 18.4 Å². The van der Waals surface area contributed by atoms with Gasteiger partial charge in [0, 0.05) is 18.3 Å². The van der Waals surface area contributed by atoms with Crippen molar-refractivity contribution in [3.8, 4) is 0 Å². The van der Waals surface area contributed by atoms with Crippen molar-refractivity contribution < 1.29 is 13.6 Å². The molecule has 0 bridgehead atoms. The third kappa shape index (κ3) is 3.46. The van der Waals surface area contributed by atoms with Crippen molar-refractivity contribution >= 4 is 5.91 Å². The van der Waals surface area contributed by atoms with Crippen LogP contribution in [0.25, 0.3) is 0 Å². The van der Waals surface area contributed by atoms with E-state index in [1.165, 1.54) is 24.3 Å². The molecular formula is C18H19F2N3O2. The van der Waals surface area contributed by atoms with Crippen molar-refractivity contribution in [2.45, 2.75) is 25.4 Å². The number of aryl methyl sites for hydroxylation is 1. The molecule has 1 aliphatic heterocycles. The van der Waals surface area contributed by atoms with Crippen molar-refractivity contribution in [2.24, 2.45) is 0 Å². The van der Waals surface area contributed by atoms with Crippen LogP contribution in [0, 0.1) is 18.6 Å². The fourth-order valence-electron chi connectivity index (χ4n) is 3.35. The van der Waals surface area contributed by atoms with Crippen LogP contribution in [0.15, 0.2) is 35.1 Å². The van der Waals surface area contributed by atoms with Crippen LogP contribution < -0.4 is 10.9 Å². The standard InChI is InChI=1S/C18H19F2N3O2/c1-10-12(4-6-16(24)21-10)18(25)22-15-7-8-23(2)17(15)11-3-5-13(19)14(20)9-11/h3-6,9,15,17H,7-8H2,1-2H3,(H,21,24)(H,22,25)/t15-,17-/m1/s1. The van der Waals surface area contributed by atoms with Crippen LogP contribution in [-0.4, -0.2) is 35.4 Å².